The highest BCUT2D eigenvalue weighted by molar-refractivity contribution is 6.04. The van der Waals surface area contributed by atoms with Crippen LogP contribution in [0.15, 0.2) is 72.8 Å². The molecule has 1 aliphatic rings. The summed E-state index contributed by atoms with van der Waals surface area (Å²) in [6.07, 6.45) is 6.48. The third-order valence-corrected chi connectivity index (χ3v) is 6.12. The smallest absolute Gasteiger partial charge is 0.262 e. The molecule has 1 saturated carbocycles. The summed E-state index contributed by atoms with van der Waals surface area (Å²) in [5.74, 6) is 0.949. The Labute approximate surface area is 195 Å². The van der Waals surface area contributed by atoms with Gasteiger partial charge in [-0.05, 0) is 79.3 Å². The van der Waals surface area contributed by atoms with E-state index in [1.807, 2.05) is 43.3 Å². The molecule has 3 aromatic rings. The predicted octanol–water partition coefficient (Wildman–Crippen LogP) is 6.31. The fraction of sp³-hybridized carbons (Fsp3) is 0.286. The predicted molar refractivity (Wildman–Crippen MR) is 132 cm³/mol. The molecule has 1 fully saturated rings. The van der Waals surface area contributed by atoms with Crippen molar-refractivity contribution in [2.24, 2.45) is 0 Å². The molecular weight excluding hydrogens is 412 g/mol. The molecule has 5 heteroatoms. The lowest BCUT2D eigenvalue weighted by Crippen LogP contribution is -2.20. The van der Waals surface area contributed by atoms with Gasteiger partial charge in [0.15, 0.2) is 6.61 Å². The number of nitrogens with one attached hydrogen (secondary N) is 2. The first-order valence-electron chi connectivity index (χ1n) is 11.6. The van der Waals surface area contributed by atoms with Gasteiger partial charge in [0.05, 0.1) is 0 Å². The molecule has 0 atom stereocenters. The first-order valence-corrected chi connectivity index (χ1v) is 11.6. The highest BCUT2D eigenvalue weighted by atomic mass is 16.5. The average Bonchev–Trinajstić information content (AvgIpc) is 2.86. The quantitative estimate of drug-likeness (QED) is 0.450. The van der Waals surface area contributed by atoms with E-state index < -0.39 is 0 Å². The Morgan fingerprint density at radius 2 is 1.61 bits per heavy atom. The van der Waals surface area contributed by atoms with E-state index in [0.29, 0.717) is 28.6 Å². The SMILES string of the molecule is Cc1cc(NC(=O)COc2ccc(C3CCCCC3)cc2)ccc1NC(=O)c1ccccc1. The summed E-state index contributed by atoms with van der Waals surface area (Å²) in [7, 11) is 0. The molecule has 5 nitrogen and oxygen atoms in total. The molecule has 3 aromatic carbocycles. The van der Waals surface area contributed by atoms with Crippen molar-refractivity contribution in [3.8, 4) is 5.75 Å². The number of rotatable bonds is 7. The van der Waals surface area contributed by atoms with Crippen LogP contribution in [0.5, 0.6) is 5.75 Å². The Balaban J connectivity index is 1.27. The second kappa shape index (κ2) is 10.8. The highest BCUT2D eigenvalue weighted by Crippen LogP contribution is 2.33. The zero-order valence-corrected chi connectivity index (χ0v) is 19.0. The average molecular weight is 443 g/mol. The lowest BCUT2D eigenvalue weighted by Gasteiger charge is -2.22. The fourth-order valence-corrected chi connectivity index (χ4v) is 4.28. The third-order valence-electron chi connectivity index (χ3n) is 6.12. The Kier molecular flexibility index (Phi) is 7.40. The molecule has 0 radical (unpaired) electrons. The fourth-order valence-electron chi connectivity index (χ4n) is 4.28. The van der Waals surface area contributed by atoms with E-state index in [4.69, 9.17) is 4.74 Å². The van der Waals surface area contributed by atoms with Crippen molar-refractivity contribution < 1.29 is 14.3 Å². The molecule has 1 aliphatic carbocycles. The molecule has 0 unspecified atom stereocenters. The van der Waals surface area contributed by atoms with Gasteiger partial charge in [0, 0.05) is 16.9 Å². The summed E-state index contributed by atoms with van der Waals surface area (Å²) in [4.78, 5) is 24.7. The van der Waals surface area contributed by atoms with Crippen molar-refractivity contribution in [2.75, 3.05) is 17.2 Å². The summed E-state index contributed by atoms with van der Waals surface area (Å²) < 4.78 is 5.67. The van der Waals surface area contributed by atoms with Gasteiger partial charge in [-0.3, -0.25) is 9.59 Å². The van der Waals surface area contributed by atoms with Crippen LogP contribution in [0.1, 0.15) is 59.5 Å². The number of benzene rings is 3. The van der Waals surface area contributed by atoms with Gasteiger partial charge >= 0.3 is 0 Å². The maximum absolute atomic E-state index is 12.4. The molecule has 2 N–H and O–H groups in total. The topological polar surface area (TPSA) is 67.4 Å². The molecule has 33 heavy (non-hydrogen) atoms. The van der Waals surface area contributed by atoms with E-state index in [-0.39, 0.29) is 18.4 Å². The van der Waals surface area contributed by atoms with Crippen LogP contribution < -0.4 is 15.4 Å². The molecule has 0 aliphatic heterocycles. The van der Waals surface area contributed by atoms with E-state index in [2.05, 4.69) is 22.8 Å². The van der Waals surface area contributed by atoms with Crippen LogP contribution in [-0.2, 0) is 4.79 Å². The summed E-state index contributed by atoms with van der Waals surface area (Å²) >= 11 is 0. The molecule has 0 bridgehead atoms. The number of hydrogen-bond acceptors (Lipinski definition) is 3. The summed E-state index contributed by atoms with van der Waals surface area (Å²) in [6, 6.07) is 22.6. The molecule has 0 heterocycles. The number of aryl methyl sites for hydroxylation is 1. The zero-order valence-electron chi connectivity index (χ0n) is 19.0. The monoisotopic (exact) mass is 442 g/mol. The van der Waals surface area contributed by atoms with Crippen LogP contribution in [0.4, 0.5) is 11.4 Å². The minimum absolute atomic E-state index is 0.0612. The molecule has 170 valence electrons. The van der Waals surface area contributed by atoms with Crippen LogP contribution in [0.3, 0.4) is 0 Å². The number of ether oxygens (including phenoxy) is 1. The summed E-state index contributed by atoms with van der Waals surface area (Å²) in [5.41, 5.74) is 4.18. The molecular formula is C28H30N2O3. The van der Waals surface area contributed by atoms with Gasteiger partial charge in [-0.25, -0.2) is 0 Å². The molecule has 0 spiro atoms. The van der Waals surface area contributed by atoms with Gasteiger partial charge in [-0.2, -0.15) is 0 Å². The van der Waals surface area contributed by atoms with Crippen LogP contribution >= 0.6 is 0 Å². The van der Waals surface area contributed by atoms with Crippen molar-refractivity contribution >= 4 is 23.2 Å². The highest BCUT2D eigenvalue weighted by Gasteiger charge is 2.15. The van der Waals surface area contributed by atoms with Gasteiger partial charge in [-0.15, -0.1) is 0 Å². The van der Waals surface area contributed by atoms with Gasteiger partial charge in [0.25, 0.3) is 11.8 Å². The van der Waals surface area contributed by atoms with Crippen LogP contribution in [0.2, 0.25) is 0 Å². The maximum Gasteiger partial charge on any atom is 0.262 e. The molecule has 2 amide bonds. The number of amides is 2. The lowest BCUT2D eigenvalue weighted by molar-refractivity contribution is -0.118. The van der Waals surface area contributed by atoms with Crippen molar-refractivity contribution in [3.05, 3.63) is 89.5 Å². The third kappa shape index (κ3) is 6.22. The minimum Gasteiger partial charge on any atom is -0.484 e. The summed E-state index contributed by atoms with van der Waals surface area (Å²) in [6.45, 7) is 1.83. The van der Waals surface area contributed by atoms with Crippen molar-refractivity contribution in [1.82, 2.24) is 0 Å². The van der Waals surface area contributed by atoms with Gasteiger partial charge in [0.1, 0.15) is 5.75 Å². The van der Waals surface area contributed by atoms with E-state index in [1.54, 1.807) is 24.3 Å². The Morgan fingerprint density at radius 3 is 2.30 bits per heavy atom. The Bertz CT molecular complexity index is 1090. The molecule has 0 saturated heterocycles. The van der Waals surface area contributed by atoms with Gasteiger partial charge in [-0.1, -0.05) is 49.6 Å². The Morgan fingerprint density at radius 1 is 0.879 bits per heavy atom. The second-order valence-corrected chi connectivity index (χ2v) is 8.59. The largest absolute Gasteiger partial charge is 0.484 e. The van der Waals surface area contributed by atoms with E-state index in [0.717, 1.165) is 5.56 Å². The Hall–Kier alpha value is -3.60. The van der Waals surface area contributed by atoms with Crippen molar-refractivity contribution in [1.29, 1.82) is 0 Å². The number of carbonyl (C=O) groups is 2. The molecule has 0 aromatic heterocycles. The van der Waals surface area contributed by atoms with Gasteiger partial charge in [0.2, 0.25) is 0 Å². The maximum atomic E-state index is 12.4. The zero-order chi connectivity index (χ0) is 23.0. The van der Waals surface area contributed by atoms with Gasteiger partial charge < -0.3 is 15.4 Å². The normalized spacial score (nSPS) is 13.8. The van der Waals surface area contributed by atoms with Crippen LogP contribution in [0.25, 0.3) is 0 Å². The first-order chi connectivity index (χ1) is 16.1. The first kappa shape index (κ1) is 22.6. The lowest BCUT2D eigenvalue weighted by atomic mass is 9.84. The van der Waals surface area contributed by atoms with Crippen LogP contribution in [-0.4, -0.2) is 18.4 Å². The van der Waals surface area contributed by atoms with E-state index in [9.17, 15) is 9.59 Å². The number of anilines is 2. The standard InChI is InChI=1S/C28H30N2O3/c1-20-18-24(14-17-26(20)30-28(32)23-10-6-3-7-11-23)29-27(31)19-33-25-15-12-22(13-16-25)21-8-4-2-5-9-21/h3,6-7,10-18,21H,2,4-5,8-9,19H2,1H3,(H,29,31)(H,30,32). The minimum atomic E-state index is -0.230. The van der Waals surface area contributed by atoms with Crippen molar-refractivity contribution in [3.63, 3.8) is 0 Å². The second-order valence-electron chi connectivity index (χ2n) is 8.59. The van der Waals surface area contributed by atoms with Crippen molar-refractivity contribution in [2.45, 2.75) is 44.9 Å². The molecule has 4 rings (SSSR count). The summed E-state index contributed by atoms with van der Waals surface area (Å²) in [5, 5.41) is 5.76. The number of hydrogen-bond donors (Lipinski definition) is 2. The number of carbonyl (C=O) groups excluding carboxylic acids is 2. The van der Waals surface area contributed by atoms with E-state index >= 15 is 0 Å². The van der Waals surface area contributed by atoms with Crippen LogP contribution in [0, 0.1) is 6.92 Å². The van der Waals surface area contributed by atoms with E-state index in [1.165, 1.54) is 37.7 Å².